The molecule has 1 aromatic rings. The van der Waals surface area contributed by atoms with Crippen LogP contribution < -0.4 is 0 Å². The zero-order valence-electron chi connectivity index (χ0n) is 10.6. The minimum atomic E-state index is -4.69. The highest BCUT2D eigenvalue weighted by molar-refractivity contribution is 7.85. The quantitative estimate of drug-likeness (QED) is 0.604. The molecule has 1 atom stereocenters. The Bertz CT molecular complexity index is 517. The van der Waals surface area contributed by atoms with Crippen molar-refractivity contribution in [2.75, 3.05) is 0 Å². The normalized spacial score (nSPS) is 14.9. The lowest BCUT2D eigenvalue weighted by atomic mass is 10.1. The third-order valence-corrected chi connectivity index (χ3v) is 3.50. The standard InChI is InChI=1S/C12H13F4NOS/c1-11(2,3)19(18)17-7-8-9(12(14,15)16)5-4-6-10(8)13/h4-7H,1-3H3. The summed E-state index contributed by atoms with van der Waals surface area (Å²) in [5.74, 6) is -1.05. The SMILES string of the molecule is CC(C)(C)S(=O)N=Cc1c(F)cccc1C(F)(F)F. The molecule has 0 aromatic heterocycles. The van der Waals surface area contributed by atoms with Gasteiger partial charge in [0.1, 0.15) is 16.8 Å². The lowest BCUT2D eigenvalue weighted by Crippen LogP contribution is -2.20. The lowest BCUT2D eigenvalue weighted by molar-refractivity contribution is -0.137. The second-order valence-electron chi connectivity index (χ2n) is 4.79. The molecule has 7 heteroatoms. The van der Waals surface area contributed by atoms with Gasteiger partial charge in [0, 0.05) is 11.8 Å². The summed E-state index contributed by atoms with van der Waals surface area (Å²) in [6, 6.07) is 2.62. The predicted octanol–water partition coefficient (Wildman–Crippen LogP) is 3.73. The lowest BCUT2D eigenvalue weighted by Gasteiger charge is -2.14. The molecule has 0 aliphatic carbocycles. The molecule has 2 nitrogen and oxygen atoms in total. The summed E-state index contributed by atoms with van der Waals surface area (Å²) >= 11 is 0. The molecule has 0 aliphatic rings. The van der Waals surface area contributed by atoms with E-state index in [4.69, 9.17) is 0 Å². The van der Waals surface area contributed by atoms with Crippen LogP contribution in [0.2, 0.25) is 0 Å². The summed E-state index contributed by atoms with van der Waals surface area (Å²) < 4.78 is 65.9. The van der Waals surface area contributed by atoms with Crippen LogP contribution in [0.5, 0.6) is 0 Å². The number of rotatable bonds is 2. The van der Waals surface area contributed by atoms with Crippen LogP contribution in [-0.2, 0) is 17.2 Å². The maximum Gasteiger partial charge on any atom is 0.417 e. The third-order valence-electron chi connectivity index (χ3n) is 2.16. The summed E-state index contributed by atoms with van der Waals surface area (Å²) in [7, 11) is -1.75. The average Bonchev–Trinajstić information content (AvgIpc) is 2.24. The van der Waals surface area contributed by atoms with E-state index in [9.17, 15) is 21.8 Å². The minimum absolute atomic E-state index is 0.680. The van der Waals surface area contributed by atoms with Crippen molar-refractivity contribution in [1.29, 1.82) is 0 Å². The third kappa shape index (κ3) is 4.12. The molecular formula is C12H13F4NOS. The molecular weight excluding hydrogens is 282 g/mol. The Morgan fingerprint density at radius 1 is 1.21 bits per heavy atom. The zero-order chi connectivity index (χ0) is 14.8. The van der Waals surface area contributed by atoms with E-state index >= 15 is 0 Å². The first-order valence-corrected chi connectivity index (χ1v) is 6.46. The average molecular weight is 295 g/mol. The highest BCUT2D eigenvalue weighted by Crippen LogP contribution is 2.32. The van der Waals surface area contributed by atoms with Gasteiger partial charge in [-0.25, -0.2) is 8.60 Å². The summed E-state index contributed by atoms with van der Waals surface area (Å²) in [6.45, 7) is 4.85. The molecule has 1 unspecified atom stereocenters. The van der Waals surface area contributed by atoms with Crippen LogP contribution in [0, 0.1) is 5.82 Å². The fourth-order valence-corrected chi connectivity index (χ4v) is 1.69. The van der Waals surface area contributed by atoms with Gasteiger partial charge in [-0.2, -0.15) is 17.6 Å². The number of alkyl halides is 3. The van der Waals surface area contributed by atoms with Crippen LogP contribution in [0.25, 0.3) is 0 Å². The van der Waals surface area contributed by atoms with E-state index in [0.29, 0.717) is 6.21 Å². The number of halogens is 4. The highest BCUT2D eigenvalue weighted by Gasteiger charge is 2.34. The van der Waals surface area contributed by atoms with Crippen LogP contribution >= 0.6 is 0 Å². The van der Waals surface area contributed by atoms with Crippen LogP contribution in [0.15, 0.2) is 22.6 Å². The Morgan fingerprint density at radius 2 is 1.79 bits per heavy atom. The monoisotopic (exact) mass is 295 g/mol. The Balaban J connectivity index is 3.22. The second kappa shape index (κ2) is 5.40. The van der Waals surface area contributed by atoms with E-state index in [1.54, 1.807) is 20.8 Å². The molecule has 0 amide bonds. The van der Waals surface area contributed by atoms with Crippen molar-refractivity contribution in [2.24, 2.45) is 4.40 Å². The maximum atomic E-state index is 13.4. The number of hydrogen-bond donors (Lipinski definition) is 0. The number of hydrogen-bond acceptors (Lipinski definition) is 1. The molecule has 0 saturated carbocycles. The molecule has 0 heterocycles. The van der Waals surface area contributed by atoms with Crippen LogP contribution in [0.1, 0.15) is 31.9 Å². The molecule has 106 valence electrons. The highest BCUT2D eigenvalue weighted by atomic mass is 32.2. The van der Waals surface area contributed by atoms with E-state index in [0.717, 1.165) is 18.2 Å². The minimum Gasteiger partial charge on any atom is -0.234 e. The van der Waals surface area contributed by atoms with Gasteiger partial charge in [-0.05, 0) is 32.9 Å². The van der Waals surface area contributed by atoms with Gasteiger partial charge in [-0.3, -0.25) is 0 Å². The zero-order valence-corrected chi connectivity index (χ0v) is 11.4. The Hall–Kier alpha value is -1.24. The summed E-state index contributed by atoms with van der Waals surface area (Å²) in [4.78, 5) is 0. The van der Waals surface area contributed by atoms with Crippen molar-refractivity contribution in [3.8, 4) is 0 Å². The van der Waals surface area contributed by atoms with Gasteiger partial charge in [-0.1, -0.05) is 6.07 Å². The molecule has 0 aliphatic heterocycles. The molecule has 0 N–H and O–H groups in total. The van der Waals surface area contributed by atoms with Crippen LogP contribution in [-0.4, -0.2) is 15.2 Å². The van der Waals surface area contributed by atoms with Gasteiger partial charge in [0.25, 0.3) is 0 Å². The molecule has 0 saturated heterocycles. The van der Waals surface area contributed by atoms with Gasteiger partial charge in [0.2, 0.25) is 0 Å². The largest absolute Gasteiger partial charge is 0.417 e. The summed E-state index contributed by atoms with van der Waals surface area (Å²) in [5, 5.41) is 0. The number of nitrogens with zero attached hydrogens (tertiary/aromatic N) is 1. The van der Waals surface area contributed by atoms with Gasteiger partial charge < -0.3 is 0 Å². The molecule has 0 spiro atoms. The smallest absolute Gasteiger partial charge is 0.234 e. The van der Waals surface area contributed by atoms with Gasteiger partial charge in [0.05, 0.1) is 10.3 Å². The van der Waals surface area contributed by atoms with E-state index < -0.39 is 38.9 Å². The van der Waals surface area contributed by atoms with Crippen molar-refractivity contribution in [2.45, 2.75) is 31.7 Å². The first-order valence-electron chi connectivity index (χ1n) is 5.35. The van der Waals surface area contributed by atoms with Crippen molar-refractivity contribution >= 4 is 17.2 Å². The Labute approximate surface area is 111 Å². The van der Waals surface area contributed by atoms with Crippen LogP contribution in [0.3, 0.4) is 0 Å². The van der Waals surface area contributed by atoms with Crippen LogP contribution in [0.4, 0.5) is 17.6 Å². The summed E-state index contributed by atoms with van der Waals surface area (Å²) in [6.07, 6.45) is -4.01. The molecule has 0 fully saturated rings. The van der Waals surface area contributed by atoms with Gasteiger partial charge in [-0.15, -0.1) is 0 Å². The molecule has 1 rings (SSSR count). The van der Waals surface area contributed by atoms with E-state index in [1.165, 1.54) is 0 Å². The fourth-order valence-electron chi connectivity index (χ4n) is 1.17. The predicted molar refractivity (Wildman–Crippen MR) is 66.9 cm³/mol. The van der Waals surface area contributed by atoms with E-state index in [2.05, 4.69) is 4.40 Å². The Morgan fingerprint density at radius 3 is 2.26 bits per heavy atom. The van der Waals surface area contributed by atoms with Crippen molar-refractivity contribution in [3.05, 3.63) is 35.1 Å². The Kier molecular flexibility index (Phi) is 4.50. The molecule has 1 aromatic carbocycles. The topological polar surface area (TPSA) is 29.4 Å². The first-order chi connectivity index (χ1) is 8.53. The molecule has 0 radical (unpaired) electrons. The number of benzene rings is 1. The van der Waals surface area contributed by atoms with E-state index in [1.807, 2.05) is 0 Å². The van der Waals surface area contributed by atoms with Crippen molar-refractivity contribution in [1.82, 2.24) is 0 Å². The summed E-state index contributed by atoms with van der Waals surface area (Å²) in [5.41, 5.74) is -1.84. The van der Waals surface area contributed by atoms with Crippen molar-refractivity contribution in [3.63, 3.8) is 0 Å². The molecule has 19 heavy (non-hydrogen) atoms. The second-order valence-corrected chi connectivity index (χ2v) is 6.73. The maximum absolute atomic E-state index is 13.4. The molecule has 0 bridgehead atoms. The van der Waals surface area contributed by atoms with Crippen molar-refractivity contribution < 1.29 is 21.8 Å². The van der Waals surface area contributed by atoms with Gasteiger partial charge >= 0.3 is 6.18 Å². The van der Waals surface area contributed by atoms with E-state index in [-0.39, 0.29) is 0 Å². The first kappa shape index (κ1) is 15.8. The van der Waals surface area contributed by atoms with Gasteiger partial charge in [0.15, 0.2) is 0 Å². The fraction of sp³-hybridized carbons (Fsp3) is 0.417.